The molecule has 2 saturated heterocycles. The number of hydrogen-bond acceptors (Lipinski definition) is 5. The Kier molecular flexibility index (Phi) is 6.88. The van der Waals surface area contributed by atoms with Gasteiger partial charge in [-0.3, -0.25) is 14.5 Å². The quantitative estimate of drug-likeness (QED) is 0.697. The summed E-state index contributed by atoms with van der Waals surface area (Å²) in [5.41, 5.74) is 1.42. The molecule has 0 atom stereocenters. The topological polar surface area (TPSA) is 93.2 Å². The van der Waals surface area contributed by atoms with Crippen LogP contribution in [0.4, 0.5) is 15.8 Å². The van der Waals surface area contributed by atoms with Gasteiger partial charge in [-0.05, 0) is 55.3 Å². The van der Waals surface area contributed by atoms with Crippen LogP contribution >= 0.6 is 0 Å². The van der Waals surface area contributed by atoms with Gasteiger partial charge in [-0.2, -0.15) is 0 Å². The van der Waals surface area contributed by atoms with E-state index in [1.807, 2.05) is 4.90 Å². The summed E-state index contributed by atoms with van der Waals surface area (Å²) in [5.74, 6) is -1.82. The van der Waals surface area contributed by atoms with Gasteiger partial charge < -0.3 is 20.2 Å². The molecule has 0 unspecified atom stereocenters. The summed E-state index contributed by atoms with van der Waals surface area (Å²) in [7, 11) is 0. The van der Waals surface area contributed by atoms with Gasteiger partial charge in [-0.1, -0.05) is 0 Å². The molecule has 0 saturated carbocycles. The van der Waals surface area contributed by atoms with Gasteiger partial charge >= 0.3 is 5.97 Å². The van der Waals surface area contributed by atoms with Crippen LogP contribution in [0.25, 0.3) is 0 Å². The van der Waals surface area contributed by atoms with Crippen molar-refractivity contribution >= 4 is 29.2 Å². The highest BCUT2D eigenvalue weighted by Crippen LogP contribution is 2.29. The molecule has 2 fully saturated rings. The molecule has 0 spiro atoms. The number of aromatic carboxylic acids is 1. The van der Waals surface area contributed by atoms with Crippen LogP contribution in [0.2, 0.25) is 0 Å². The number of anilines is 2. The lowest BCUT2D eigenvalue weighted by Gasteiger charge is -2.37. The number of likely N-dealkylation sites (tertiary alicyclic amines) is 1. The van der Waals surface area contributed by atoms with Gasteiger partial charge in [-0.15, -0.1) is 0 Å². The number of halogens is 1. The average Bonchev–Trinajstić information content (AvgIpc) is 3.35. The molecule has 174 valence electrons. The third-order valence-corrected chi connectivity index (χ3v) is 6.13. The summed E-state index contributed by atoms with van der Waals surface area (Å²) < 4.78 is 13.2. The van der Waals surface area contributed by atoms with Crippen molar-refractivity contribution in [3.63, 3.8) is 0 Å². The third-order valence-electron chi connectivity index (χ3n) is 6.13. The monoisotopic (exact) mass is 454 g/mol. The van der Waals surface area contributed by atoms with Crippen LogP contribution in [0.3, 0.4) is 0 Å². The van der Waals surface area contributed by atoms with E-state index in [0.717, 1.165) is 25.9 Å². The number of carboxylic acids is 1. The van der Waals surface area contributed by atoms with Crippen molar-refractivity contribution < 1.29 is 23.9 Å². The van der Waals surface area contributed by atoms with Crippen LogP contribution in [-0.4, -0.2) is 78.5 Å². The number of rotatable bonds is 6. The number of amides is 2. The van der Waals surface area contributed by atoms with E-state index in [9.17, 15) is 23.9 Å². The SMILES string of the molecule is O=C(O)c1ccc(N2CCN(CC(=O)N3CCCC3)CC2)c(NC(=O)c2ccc(F)cc2)c1. The molecule has 33 heavy (non-hydrogen) atoms. The fourth-order valence-electron chi connectivity index (χ4n) is 4.25. The van der Waals surface area contributed by atoms with Crippen molar-refractivity contribution in [2.75, 3.05) is 56.0 Å². The lowest BCUT2D eigenvalue weighted by atomic mass is 10.1. The molecule has 0 aliphatic carbocycles. The lowest BCUT2D eigenvalue weighted by molar-refractivity contribution is -0.131. The van der Waals surface area contributed by atoms with E-state index < -0.39 is 17.7 Å². The largest absolute Gasteiger partial charge is 0.478 e. The van der Waals surface area contributed by atoms with E-state index in [4.69, 9.17) is 0 Å². The fraction of sp³-hybridized carbons (Fsp3) is 0.375. The Morgan fingerprint density at radius 3 is 2.15 bits per heavy atom. The van der Waals surface area contributed by atoms with Gasteiger partial charge in [0.2, 0.25) is 5.91 Å². The van der Waals surface area contributed by atoms with Crippen LogP contribution in [0, 0.1) is 5.82 Å². The molecule has 0 radical (unpaired) electrons. The second kappa shape index (κ2) is 9.99. The van der Waals surface area contributed by atoms with E-state index in [0.29, 0.717) is 44.1 Å². The maximum absolute atomic E-state index is 13.2. The Bertz CT molecular complexity index is 1030. The highest BCUT2D eigenvalue weighted by molar-refractivity contribution is 6.06. The van der Waals surface area contributed by atoms with Crippen LogP contribution in [-0.2, 0) is 4.79 Å². The first-order valence-corrected chi connectivity index (χ1v) is 11.1. The number of hydrogen-bond donors (Lipinski definition) is 2. The zero-order chi connectivity index (χ0) is 23.4. The van der Waals surface area contributed by atoms with E-state index in [-0.39, 0.29) is 17.0 Å². The van der Waals surface area contributed by atoms with Gasteiger partial charge in [0.1, 0.15) is 5.82 Å². The molecular weight excluding hydrogens is 427 g/mol. The van der Waals surface area contributed by atoms with Crippen LogP contribution < -0.4 is 10.2 Å². The van der Waals surface area contributed by atoms with Crippen LogP contribution in [0.1, 0.15) is 33.6 Å². The number of carboxylic acid groups (broad SMARTS) is 1. The summed E-state index contributed by atoms with van der Waals surface area (Å²) in [5, 5.41) is 12.2. The van der Waals surface area contributed by atoms with E-state index in [1.54, 1.807) is 6.07 Å². The first-order chi connectivity index (χ1) is 15.9. The zero-order valence-corrected chi connectivity index (χ0v) is 18.3. The standard InChI is InChI=1S/C24H27FN4O4/c25-19-6-3-17(4-7-19)23(31)26-20-15-18(24(32)33)5-8-21(20)28-13-11-27(12-14-28)16-22(30)29-9-1-2-10-29/h3-8,15H,1-2,9-14,16H2,(H,26,31)(H,32,33). The molecule has 9 heteroatoms. The molecule has 4 rings (SSSR count). The number of piperazine rings is 1. The normalized spacial score (nSPS) is 16.6. The maximum Gasteiger partial charge on any atom is 0.335 e. The predicted molar refractivity (Wildman–Crippen MR) is 122 cm³/mol. The second-order valence-corrected chi connectivity index (χ2v) is 8.35. The van der Waals surface area contributed by atoms with Crippen molar-refractivity contribution in [1.82, 2.24) is 9.80 Å². The molecule has 2 aliphatic rings. The highest BCUT2D eigenvalue weighted by Gasteiger charge is 2.25. The Balaban J connectivity index is 1.45. The molecule has 2 N–H and O–H groups in total. The average molecular weight is 455 g/mol. The number of nitrogens with one attached hydrogen (secondary N) is 1. The molecule has 8 nitrogen and oxygen atoms in total. The zero-order valence-electron chi connectivity index (χ0n) is 18.3. The van der Waals surface area contributed by atoms with E-state index >= 15 is 0 Å². The molecule has 0 bridgehead atoms. The van der Waals surface area contributed by atoms with Crippen LogP contribution in [0.15, 0.2) is 42.5 Å². The molecule has 2 aliphatic heterocycles. The van der Waals surface area contributed by atoms with Crippen molar-refractivity contribution in [3.05, 3.63) is 59.4 Å². The lowest BCUT2D eigenvalue weighted by Crippen LogP contribution is -2.50. The number of benzene rings is 2. The molecule has 2 aromatic rings. The van der Waals surface area contributed by atoms with Crippen molar-refractivity contribution in [2.24, 2.45) is 0 Å². The van der Waals surface area contributed by atoms with Crippen molar-refractivity contribution in [1.29, 1.82) is 0 Å². The summed E-state index contributed by atoms with van der Waals surface area (Å²) >= 11 is 0. The number of carbonyl (C=O) groups excluding carboxylic acids is 2. The predicted octanol–water partition coefficient (Wildman–Crippen LogP) is 2.52. The summed E-state index contributed by atoms with van der Waals surface area (Å²) in [6.07, 6.45) is 2.14. The van der Waals surface area contributed by atoms with E-state index in [2.05, 4.69) is 15.1 Å². The van der Waals surface area contributed by atoms with Gasteiger partial charge in [0, 0.05) is 44.8 Å². The molecule has 2 heterocycles. The van der Waals surface area contributed by atoms with Gasteiger partial charge in [-0.25, -0.2) is 9.18 Å². The minimum absolute atomic E-state index is 0.0583. The molecule has 2 amide bonds. The smallest absolute Gasteiger partial charge is 0.335 e. The van der Waals surface area contributed by atoms with E-state index in [1.165, 1.54) is 36.4 Å². The van der Waals surface area contributed by atoms with Gasteiger partial charge in [0.15, 0.2) is 0 Å². The minimum atomic E-state index is -1.09. The number of carbonyl (C=O) groups is 3. The number of nitrogens with zero attached hydrogens (tertiary/aromatic N) is 3. The van der Waals surface area contributed by atoms with Crippen LogP contribution in [0.5, 0.6) is 0 Å². The summed E-state index contributed by atoms with van der Waals surface area (Å²) in [4.78, 5) is 42.7. The van der Waals surface area contributed by atoms with Crippen molar-refractivity contribution in [3.8, 4) is 0 Å². The Morgan fingerprint density at radius 2 is 1.52 bits per heavy atom. The fourth-order valence-corrected chi connectivity index (χ4v) is 4.25. The van der Waals surface area contributed by atoms with Gasteiger partial charge in [0.05, 0.1) is 23.5 Å². The Hall–Kier alpha value is -3.46. The maximum atomic E-state index is 13.2. The Labute approximate surface area is 191 Å². The molecule has 2 aromatic carbocycles. The summed E-state index contributed by atoms with van der Waals surface area (Å²) in [6, 6.07) is 9.78. The second-order valence-electron chi connectivity index (χ2n) is 8.35. The third kappa shape index (κ3) is 5.48. The van der Waals surface area contributed by atoms with Gasteiger partial charge in [0.25, 0.3) is 5.91 Å². The molecular formula is C24H27FN4O4. The van der Waals surface area contributed by atoms with Crippen molar-refractivity contribution in [2.45, 2.75) is 12.8 Å². The highest BCUT2D eigenvalue weighted by atomic mass is 19.1. The first-order valence-electron chi connectivity index (χ1n) is 11.1. The first kappa shape index (κ1) is 22.7. The molecule has 0 aromatic heterocycles. The summed E-state index contributed by atoms with van der Waals surface area (Å²) in [6.45, 7) is 4.73. The Morgan fingerprint density at radius 1 is 0.879 bits per heavy atom. The minimum Gasteiger partial charge on any atom is -0.478 e.